The van der Waals surface area contributed by atoms with E-state index in [1.54, 1.807) is 21.3 Å². The third kappa shape index (κ3) is 3.08. The molecule has 0 unspecified atom stereocenters. The second-order valence-corrected chi connectivity index (χ2v) is 9.23. The van der Waals surface area contributed by atoms with Gasteiger partial charge in [-0.3, -0.25) is 9.69 Å². The number of ether oxygens (including phenoxy) is 3. The Kier molecular flexibility index (Phi) is 4.92. The van der Waals surface area contributed by atoms with E-state index >= 15 is 0 Å². The van der Waals surface area contributed by atoms with Crippen LogP contribution in [0.15, 0.2) is 24.3 Å². The van der Waals surface area contributed by atoms with Crippen LogP contribution < -0.4 is 14.2 Å². The average molecular weight is 413 g/mol. The van der Waals surface area contributed by atoms with Crippen LogP contribution in [0.25, 0.3) is 0 Å². The Hall–Kier alpha value is -2.21. The summed E-state index contributed by atoms with van der Waals surface area (Å²) < 4.78 is 16.4. The van der Waals surface area contributed by atoms with E-state index in [0.29, 0.717) is 40.4 Å². The predicted octanol–water partition coefficient (Wildman–Crippen LogP) is 2.96. The van der Waals surface area contributed by atoms with Gasteiger partial charge in [0, 0.05) is 38.6 Å². The second-order valence-electron chi connectivity index (χ2n) is 9.23. The molecule has 1 aromatic carbocycles. The highest BCUT2D eigenvalue weighted by molar-refractivity contribution is 5.80. The van der Waals surface area contributed by atoms with Crippen LogP contribution in [0.5, 0.6) is 17.2 Å². The molecule has 1 aromatic rings. The van der Waals surface area contributed by atoms with Crippen LogP contribution in [-0.2, 0) is 11.3 Å². The summed E-state index contributed by atoms with van der Waals surface area (Å²) in [6.07, 6.45) is 8.45. The van der Waals surface area contributed by atoms with E-state index in [4.69, 9.17) is 14.2 Å². The average Bonchev–Trinajstić information content (AvgIpc) is 3.45. The van der Waals surface area contributed by atoms with Gasteiger partial charge < -0.3 is 19.1 Å². The Labute approximate surface area is 178 Å². The molecule has 5 rings (SSSR count). The summed E-state index contributed by atoms with van der Waals surface area (Å²) in [5.41, 5.74) is 1.60. The number of benzene rings is 1. The van der Waals surface area contributed by atoms with Gasteiger partial charge in [-0.2, -0.15) is 0 Å². The van der Waals surface area contributed by atoms with E-state index < -0.39 is 0 Å². The molecular weight excluding hydrogens is 380 g/mol. The normalized spacial score (nSPS) is 28.8. The number of carbonyl (C=O) groups is 1. The molecule has 1 spiro atoms. The fourth-order valence-corrected chi connectivity index (χ4v) is 6.10. The van der Waals surface area contributed by atoms with Gasteiger partial charge in [0.1, 0.15) is 0 Å². The molecule has 3 aliphatic carbocycles. The first-order chi connectivity index (χ1) is 14.6. The lowest BCUT2D eigenvalue weighted by molar-refractivity contribution is -0.138. The lowest BCUT2D eigenvalue weighted by Gasteiger charge is -2.37. The van der Waals surface area contributed by atoms with Gasteiger partial charge in [-0.05, 0) is 54.2 Å². The molecule has 1 aliphatic heterocycles. The highest BCUT2D eigenvalue weighted by Crippen LogP contribution is 2.70. The number of allylic oxidation sites excluding steroid dienone is 2. The molecule has 0 N–H and O–H groups in total. The van der Waals surface area contributed by atoms with Crippen LogP contribution in [0.4, 0.5) is 0 Å². The van der Waals surface area contributed by atoms with Gasteiger partial charge >= 0.3 is 0 Å². The number of piperazine rings is 1. The highest BCUT2D eigenvalue weighted by Gasteiger charge is 2.64. The lowest BCUT2D eigenvalue weighted by Crippen LogP contribution is -2.50. The molecule has 0 radical (unpaired) electrons. The monoisotopic (exact) mass is 412 g/mol. The Morgan fingerprint density at radius 3 is 2.20 bits per heavy atom. The third-order valence-corrected chi connectivity index (χ3v) is 7.85. The van der Waals surface area contributed by atoms with Crippen molar-refractivity contribution in [3.63, 3.8) is 0 Å². The molecule has 4 aliphatic rings. The minimum Gasteiger partial charge on any atom is -0.493 e. The van der Waals surface area contributed by atoms with Crippen molar-refractivity contribution in [2.24, 2.45) is 23.2 Å². The van der Waals surface area contributed by atoms with Crippen molar-refractivity contribution >= 4 is 5.91 Å². The Morgan fingerprint density at radius 1 is 1.00 bits per heavy atom. The smallest absolute Gasteiger partial charge is 0.226 e. The van der Waals surface area contributed by atoms with Gasteiger partial charge in [-0.1, -0.05) is 12.2 Å². The standard InChI is InChI=1S/C24H32N2O4/c1-28-20-12-16(13-21(29-2)22(20)30-3)15-25-8-10-26(11-9-25)23(27)18-14-17-4-5-19(18)24(17)6-7-24/h4-5,12-13,17-19H,6-11,14-15H2,1-3H3/t17-,18-,19-/m1/s1. The summed E-state index contributed by atoms with van der Waals surface area (Å²) in [4.78, 5) is 17.7. The summed E-state index contributed by atoms with van der Waals surface area (Å²) in [7, 11) is 4.90. The molecule has 3 atom stereocenters. The van der Waals surface area contributed by atoms with Crippen LogP contribution in [0.1, 0.15) is 24.8 Å². The minimum absolute atomic E-state index is 0.226. The van der Waals surface area contributed by atoms with Crippen molar-refractivity contribution in [3.8, 4) is 17.2 Å². The molecule has 6 nitrogen and oxygen atoms in total. The van der Waals surface area contributed by atoms with Crippen LogP contribution in [0.2, 0.25) is 0 Å². The molecule has 6 heteroatoms. The first-order valence-corrected chi connectivity index (χ1v) is 11.1. The number of rotatable bonds is 6. The maximum Gasteiger partial charge on any atom is 0.226 e. The quantitative estimate of drug-likeness (QED) is 0.673. The second kappa shape index (κ2) is 7.49. The van der Waals surface area contributed by atoms with Crippen molar-refractivity contribution < 1.29 is 19.0 Å². The van der Waals surface area contributed by atoms with E-state index in [-0.39, 0.29) is 5.92 Å². The van der Waals surface area contributed by atoms with E-state index in [2.05, 4.69) is 22.0 Å². The Balaban J connectivity index is 1.20. The van der Waals surface area contributed by atoms with Gasteiger partial charge in [0.2, 0.25) is 11.7 Å². The van der Waals surface area contributed by atoms with Crippen LogP contribution in [0.3, 0.4) is 0 Å². The molecular formula is C24H32N2O4. The number of amides is 1. The largest absolute Gasteiger partial charge is 0.493 e. The Bertz CT molecular complexity index is 830. The van der Waals surface area contributed by atoms with Gasteiger partial charge in [-0.25, -0.2) is 0 Å². The van der Waals surface area contributed by atoms with E-state index in [9.17, 15) is 4.79 Å². The number of hydrogen-bond donors (Lipinski definition) is 0. The van der Waals surface area contributed by atoms with Crippen LogP contribution >= 0.6 is 0 Å². The third-order valence-electron chi connectivity index (χ3n) is 7.85. The number of hydrogen-bond acceptors (Lipinski definition) is 5. The van der Waals surface area contributed by atoms with Crippen molar-refractivity contribution in [3.05, 3.63) is 29.8 Å². The maximum atomic E-state index is 13.2. The van der Waals surface area contributed by atoms with E-state index in [0.717, 1.165) is 44.7 Å². The van der Waals surface area contributed by atoms with Crippen molar-refractivity contribution in [1.82, 2.24) is 9.80 Å². The molecule has 1 amide bonds. The molecule has 0 aromatic heterocycles. The number of methoxy groups -OCH3 is 3. The summed E-state index contributed by atoms with van der Waals surface area (Å²) in [6, 6.07) is 4.02. The first-order valence-electron chi connectivity index (χ1n) is 11.1. The maximum absolute atomic E-state index is 13.2. The molecule has 3 fully saturated rings. The van der Waals surface area contributed by atoms with Crippen molar-refractivity contribution in [2.75, 3.05) is 47.5 Å². The summed E-state index contributed by atoms with van der Waals surface area (Å²) in [5, 5.41) is 0. The fourth-order valence-electron chi connectivity index (χ4n) is 6.10. The minimum atomic E-state index is 0.226. The fraction of sp³-hybridized carbons (Fsp3) is 0.625. The van der Waals surface area contributed by atoms with Crippen molar-refractivity contribution in [2.45, 2.75) is 25.8 Å². The zero-order chi connectivity index (χ0) is 20.9. The molecule has 1 saturated heterocycles. The van der Waals surface area contributed by atoms with Gasteiger partial charge in [0.25, 0.3) is 0 Å². The lowest BCUT2D eigenvalue weighted by atomic mass is 9.88. The summed E-state index contributed by atoms with van der Waals surface area (Å²) in [6.45, 7) is 4.22. The van der Waals surface area contributed by atoms with Crippen LogP contribution in [-0.4, -0.2) is 63.2 Å². The molecule has 162 valence electrons. The molecule has 2 bridgehead atoms. The molecule has 1 heterocycles. The first kappa shape index (κ1) is 19.7. The van der Waals surface area contributed by atoms with Crippen LogP contribution in [0, 0.1) is 23.2 Å². The van der Waals surface area contributed by atoms with E-state index in [1.165, 1.54) is 12.8 Å². The van der Waals surface area contributed by atoms with E-state index in [1.807, 2.05) is 12.1 Å². The number of carbonyl (C=O) groups excluding carboxylic acids is 1. The summed E-state index contributed by atoms with van der Waals surface area (Å²) >= 11 is 0. The topological polar surface area (TPSA) is 51.2 Å². The Morgan fingerprint density at radius 2 is 1.67 bits per heavy atom. The van der Waals surface area contributed by atoms with Crippen molar-refractivity contribution in [1.29, 1.82) is 0 Å². The highest BCUT2D eigenvalue weighted by atomic mass is 16.5. The zero-order valence-electron chi connectivity index (χ0n) is 18.2. The van der Waals surface area contributed by atoms with Gasteiger partial charge in [0.15, 0.2) is 11.5 Å². The SMILES string of the molecule is COc1cc(CN2CCN(C(=O)[C@@H]3C[C@H]4C=C[C@H]3C43CC3)CC2)cc(OC)c1OC. The number of nitrogens with zero attached hydrogens (tertiary/aromatic N) is 2. The zero-order valence-corrected chi connectivity index (χ0v) is 18.2. The summed E-state index contributed by atoms with van der Waals surface area (Å²) in [5.74, 6) is 3.77. The van der Waals surface area contributed by atoms with Gasteiger partial charge in [0.05, 0.1) is 21.3 Å². The molecule has 2 saturated carbocycles. The van der Waals surface area contributed by atoms with Gasteiger partial charge in [-0.15, -0.1) is 0 Å². The predicted molar refractivity (Wildman–Crippen MR) is 114 cm³/mol. The molecule has 30 heavy (non-hydrogen) atoms.